The van der Waals surface area contributed by atoms with Gasteiger partial charge in [-0.05, 0) is 61.9 Å². The number of aryl methyl sites for hydroxylation is 2. The summed E-state index contributed by atoms with van der Waals surface area (Å²) in [6, 6.07) is 18.5. The quantitative estimate of drug-likeness (QED) is 0.484. The van der Waals surface area contributed by atoms with Crippen LogP contribution in [0.4, 0.5) is 5.69 Å². The van der Waals surface area contributed by atoms with Crippen molar-refractivity contribution in [2.75, 3.05) is 17.9 Å². The molecule has 1 amide bonds. The Morgan fingerprint density at radius 3 is 2.39 bits per heavy atom. The van der Waals surface area contributed by atoms with Crippen molar-refractivity contribution in [1.29, 1.82) is 0 Å². The van der Waals surface area contributed by atoms with Crippen molar-refractivity contribution in [3.05, 3.63) is 88.4 Å². The minimum Gasteiger partial charge on any atom is -0.492 e. The molecule has 162 valence electrons. The maximum atomic E-state index is 12.5. The second kappa shape index (κ2) is 9.85. The first kappa shape index (κ1) is 22.7. The smallest absolute Gasteiger partial charge is 0.261 e. The lowest BCUT2D eigenvalue weighted by atomic mass is 10.2. The largest absolute Gasteiger partial charge is 0.492 e. The molecule has 6 nitrogen and oxygen atoms in total. The van der Waals surface area contributed by atoms with Crippen molar-refractivity contribution in [1.82, 2.24) is 5.32 Å². The maximum Gasteiger partial charge on any atom is 0.261 e. The molecule has 0 radical (unpaired) electrons. The van der Waals surface area contributed by atoms with E-state index in [1.54, 1.807) is 12.1 Å². The summed E-state index contributed by atoms with van der Waals surface area (Å²) in [4.78, 5) is 12.5. The Kier molecular flexibility index (Phi) is 7.20. The van der Waals surface area contributed by atoms with Gasteiger partial charge in [-0.2, -0.15) is 0 Å². The summed E-state index contributed by atoms with van der Waals surface area (Å²) in [5, 5.41) is 2.88. The molecule has 0 fully saturated rings. The van der Waals surface area contributed by atoms with Gasteiger partial charge >= 0.3 is 0 Å². The van der Waals surface area contributed by atoms with Gasteiger partial charge in [0, 0.05) is 0 Å². The number of carbonyl (C=O) groups excluding carboxylic acids is 1. The zero-order chi connectivity index (χ0) is 22.4. The number of rotatable bonds is 8. The van der Waals surface area contributed by atoms with Crippen LogP contribution in [-0.4, -0.2) is 27.5 Å². The van der Waals surface area contributed by atoms with E-state index in [1.165, 1.54) is 30.3 Å². The highest BCUT2D eigenvalue weighted by atomic mass is 35.5. The van der Waals surface area contributed by atoms with Crippen LogP contribution in [0.5, 0.6) is 5.75 Å². The van der Waals surface area contributed by atoms with Crippen LogP contribution in [0.15, 0.2) is 71.6 Å². The van der Waals surface area contributed by atoms with Crippen LogP contribution < -0.4 is 14.8 Å². The molecular weight excluding hydrogens is 436 g/mol. The number of hydrogen-bond donors (Lipinski definition) is 2. The Labute approximate surface area is 187 Å². The van der Waals surface area contributed by atoms with E-state index in [9.17, 15) is 13.2 Å². The minimum atomic E-state index is -3.75. The molecule has 3 aromatic rings. The van der Waals surface area contributed by atoms with Gasteiger partial charge in [-0.3, -0.25) is 9.52 Å². The van der Waals surface area contributed by atoms with Gasteiger partial charge in [0.1, 0.15) is 12.4 Å². The number of anilines is 1. The van der Waals surface area contributed by atoms with Gasteiger partial charge < -0.3 is 10.1 Å². The van der Waals surface area contributed by atoms with Crippen molar-refractivity contribution >= 4 is 33.2 Å². The number of nitrogens with one attached hydrogen (secondary N) is 2. The van der Waals surface area contributed by atoms with E-state index in [0.717, 1.165) is 16.9 Å². The van der Waals surface area contributed by atoms with E-state index in [2.05, 4.69) is 10.0 Å². The van der Waals surface area contributed by atoms with Crippen LogP contribution in [0.3, 0.4) is 0 Å². The summed E-state index contributed by atoms with van der Waals surface area (Å²) in [7, 11) is -3.75. The summed E-state index contributed by atoms with van der Waals surface area (Å²) >= 11 is 6.22. The lowest BCUT2D eigenvalue weighted by Crippen LogP contribution is -2.28. The third-order valence-electron chi connectivity index (χ3n) is 4.44. The van der Waals surface area contributed by atoms with Crippen LogP contribution in [0.25, 0.3) is 0 Å². The fraction of sp³-hybridized carbons (Fsp3) is 0.174. The first-order chi connectivity index (χ1) is 14.7. The zero-order valence-electron chi connectivity index (χ0n) is 17.2. The first-order valence-electron chi connectivity index (χ1n) is 9.61. The lowest BCUT2D eigenvalue weighted by molar-refractivity contribution is 0.0947. The standard InChI is InChI=1S/C23H23ClN2O4S/c1-16-6-9-20(10-7-16)31(28,29)26-18-8-11-21(22(24)15-18)23(27)25-12-13-30-19-5-3-4-17(2)14-19/h3-11,14-15,26H,12-13H2,1-2H3,(H,25,27). The number of hydrogen-bond acceptors (Lipinski definition) is 4. The summed E-state index contributed by atoms with van der Waals surface area (Å²) in [5.41, 5.74) is 2.56. The normalized spacial score (nSPS) is 11.1. The van der Waals surface area contributed by atoms with Gasteiger partial charge in [0.25, 0.3) is 15.9 Å². The van der Waals surface area contributed by atoms with Gasteiger partial charge in [0.15, 0.2) is 0 Å². The van der Waals surface area contributed by atoms with Crippen LogP contribution >= 0.6 is 11.6 Å². The summed E-state index contributed by atoms with van der Waals surface area (Å²) in [6.45, 7) is 4.45. The van der Waals surface area contributed by atoms with Crippen molar-refractivity contribution < 1.29 is 17.9 Å². The fourth-order valence-electron chi connectivity index (χ4n) is 2.83. The van der Waals surface area contributed by atoms with Gasteiger partial charge in [0.2, 0.25) is 0 Å². The van der Waals surface area contributed by atoms with Crippen LogP contribution in [-0.2, 0) is 10.0 Å². The zero-order valence-corrected chi connectivity index (χ0v) is 18.8. The summed E-state index contributed by atoms with van der Waals surface area (Å²) in [5.74, 6) is 0.364. The van der Waals surface area contributed by atoms with Crippen LogP contribution in [0, 0.1) is 13.8 Å². The first-order valence-corrected chi connectivity index (χ1v) is 11.5. The second-order valence-electron chi connectivity index (χ2n) is 7.03. The van der Waals surface area contributed by atoms with E-state index in [4.69, 9.17) is 16.3 Å². The third kappa shape index (κ3) is 6.23. The molecule has 3 aromatic carbocycles. The molecule has 0 atom stereocenters. The molecule has 0 aliphatic rings. The Morgan fingerprint density at radius 1 is 0.968 bits per heavy atom. The summed E-state index contributed by atoms with van der Waals surface area (Å²) < 4.78 is 33.1. The van der Waals surface area contributed by atoms with Crippen molar-refractivity contribution in [3.63, 3.8) is 0 Å². The molecule has 3 rings (SSSR count). The molecule has 0 bridgehead atoms. The molecule has 2 N–H and O–H groups in total. The van der Waals surface area contributed by atoms with Gasteiger partial charge in [0.05, 0.1) is 27.7 Å². The maximum absolute atomic E-state index is 12.5. The van der Waals surface area contributed by atoms with Crippen molar-refractivity contribution in [2.24, 2.45) is 0 Å². The highest BCUT2D eigenvalue weighted by Gasteiger charge is 2.16. The van der Waals surface area contributed by atoms with Gasteiger partial charge in [-0.1, -0.05) is 41.4 Å². The van der Waals surface area contributed by atoms with E-state index < -0.39 is 10.0 Å². The Bertz CT molecular complexity index is 1180. The minimum absolute atomic E-state index is 0.140. The number of benzene rings is 3. The fourth-order valence-corrected chi connectivity index (χ4v) is 4.14. The summed E-state index contributed by atoms with van der Waals surface area (Å²) in [6.07, 6.45) is 0. The molecule has 0 heterocycles. The Hall–Kier alpha value is -3.03. The van der Waals surface area contributed by atoms with E-state index >= 15 is 0 Å². The highest BCUT2D eigenvalue weighted by Crippen LogP contribution is 2.23. The number of ether oxygens (including phenoxy) is 1. The molecule has 0 saturated heterocycles. The molecule has 8 heteroatoms. The molecule has 0 aliphatic heterocycles. The number of sulfonamides is 1. The predicted octanol–water partition coefficient (Wildman–Crippen LogP) is 4.57. The number of carbonyl (C=O) groups is 1. The SMILES string of the molecule is Cc1ccc(S(=O)(=O)Nc2ccc(C(=O)NCCOc3cccc(C)c3)c(Cl)c2)cc1. The third-order valence-corrected chi connectivity index (χ3v) is 6.15. The molecule has 0 spiro atoms. The number of amides is 1. The molecular formula is C23H23ClN2O4S. The topological polar surface area (TPSA) is 84.5 Å². The molecule has 0 unspecified atom stereocenters. The van der Waals surface area contributed by atoms with Crippen LogP contribution in [0.2, 0.25) is 5.02 Å². The molecule has 0 aliphatic carbocycles. The predicted molar refractivity (Wildman–Crippen MR) is 122 cm³/mol. The van der Waals surface area contributed by atoms with Crippen molar-refractivity contribution in [2.45, 2.75) is 18.7 Å². The lowest BCUT2D eigenvalue weighted by Gasteiger charge is -2.11. The Balaban J connectivity index is 1.58. The van der Waals surface area contributed by atoms with Gasteiger partial charge in [-0.25, -0.2) is 8.42 Å². The molecule has 0 saturated carbocycles. The highest BCUT2D eigenvalue weighted by molar-refractivity contribution is 7.92. The van der Waals surface area contributed by atoms with E-state index in [0.29, 0.717) is 13.2 Å². The monoisotopic (exact) mass is 458 g/mol. The molecule has 31 heavy (non-hydrogen) atoms. The van der Waals surface area contributed by atoms with E-state index in [-0.39, 0.29) is 27.1 Å². The van der Waals surface area contributed by atoms with Crippen LogP contribution in [0.1, 0.15) is 21.5 Å². The second-order valence-corrected chi connectivity index (χ2v) is 9.12. The molecule has 0 aromatic heterocycles. The van der Waals surface area contributed by atoms with Crippen molar-refractivity contribution in [3.8, 4) is 5.75 Å². The number of halogens is 1. The average Bonchev–Trinajstić information content (AvgIpc) is 2.71. The van der Waals surface area contributed by atoms with E-state index in [1.807, 2.05) is 38.1 Å². The van der Waals surface area contributed by atoms with Gasteiger partial charge in [-0.15, -0.1) is 0 Å². The Morgan fingerprint density at radius 2 is 1.71 bits per heavy atom. The average molecular weight is 459 g/mol.